The van der Waals surface area contributed by atoms with Gasteiger partial charge in [-0.15, -0.1) is 0 Å². The van der Waals surface area contributed by atoms with Gasteiger partial charge in [0.05, 0.1) is 4.90 Å². The summed E-state index contributed by atoms with van der Waals surface area (Å²) < 4.78 is 5.06. The molecule has 0 radical (unpaired) electrons. The third-order valence-electron chi connectivity index (χ3n) is 3.07. The standard InChI is InChI=1S/C19H15NO2S2/c20-19(21)22-17-11-4-5-12-18(17)24-16-10-6-9-15(13-16)23-14-7-2-1-3-8-14/h1-13H,(H2,20,21). The molecule has 3 aromatic carbocycles. The van der Waals surface area contributed by atoms with Gasteiger partial charge in [-0.3, -0.25) is 0 Å². The largest absolute Gasteiger partial charge is 0.410 e. The first-order valence-corrected chi connectivity index (χ1v) is 8.91. The molecule has 2 N–H and O–H groups in total. The molecule has 0 atom stereocenters. The average molecular weight is 353 g/mol. The lowest BCUT2D eigenvalue weighted by Gasteiger charge is -2.09. The lowest BCUT2D eigenvalue weighted by molar-refractivity contribution is 0.210. The summed E-state index contributed by atoms with van der Waals surface area (Å²) in [6.07, 6.45) is -0.809. The van der Waals surface area contributed by atoms with Crippen LogP contribution in [-0.2, 0) is 0 Å². The van der Waals surface area contributed by atoms with Crippen molar-refractivity contribution in [2.45, 2.75) is 19.6 Å². The fourth-order valence-electron chi connectivity index (χ4n) is 2.08. The van der Waals surface area contributed by atoms with Gasteiger partial charge < -0.3 is 10.5 Å². The van der Waals surface area contributed by atoms with E-state index in [1.54, 1.807) is 17.8 Å². The number of hydrogen-bond donors (Lipinski definition) is 1. The molecule has 3 rings (SSSR count). The van der Waals surface area contributed by atoms with Crippen LogP contribution in [0, 0.1) is 0 Å². The zero-order valence-corrected chi connectivity index (χ0v) is 14.3. The van der Waals surface area contributed by atoms with Crippen LogP contribution < -0.4 is 10.5 Å². The van der Waals surface area contributed by atoms with Gasteiger partial charge in [0, 0.05) is 14.7 Å². The number of primary amides is 1. The number of nitrogens with two attached hydrogens (primary N) is 1. The molecule has 1 amide bonds. The van der Waals surface area contributed by atoms with Gasteiger partial charge in [-0.2, -0.15) is 0 Å². The third kappa shape index (κ3) is 4.57. The molecule has 5 heteroatoms. The van der Waals surface area contributed by atoms with Crippen molar-refractivity contribution in [3.05, 3.63) is 78.9 Å². The van der Waals surface area contributed by atoms with E-state index >= 15 is 0 Å². The maximum atomic E-state index is 11.0. The number of carbonyl (C=O) groups is 1. The molecule has 0 spiro atoms. The Morgan fingerprint density at radius 2 is 1.38 bits per heavy atom. The number of amides is 1. The van der Waals surface area contributed by atoms with Crippen molar-refractivity contribution in [1.82, 2.24) is 0 Å². The summed E-state index contributed by atoms with van der Waals surface area (Å²) >= 11 is 3.24. The van der Waals surface area contributed by atoms with E-state index in [0.717, 1.165) is 14.7 Å². The summed E-state index contributed by atoms with van der Waals surface area (Å²) in [6.45, 7) is 0. The molecule has 0 heterocycles. The van der Waals surface area contributed by atoms with E-state index in [1.165, 1.54) is 16.7 Å². The second-order valence-electron chi connectivity index (χ2n) is 4.86. The number of carbonyl (C=O) groups excluding carboxylic acids is 1. The second-order valence-corrected chi connectivity index (χ2v) is 7.12. The first-order chi connectivity index (χ1) is 11.7. The van der Waals surface area contributed by atoms with Gasteiger partial charge >= 0.3 is 6.09 Å². The predicted octanol–water partition coefficient (Wildman–Crippen LogP) is 5.45. The summed E-state index contributed by atoms with van der Waals surface area (Å²) in [5, 5.41) is 0. The first-order valence-electron chi connectivity index (χ1n) is 7.28. The summed E-state index contributed by atoms with van der Waals surface area (Å²) in [4.78, 5) is 15.3. The average Bonchev–Trinajstić information content (AvgIpc) is 2.57. The number of benzene rings is 3. The smallest absolute Gasteiger partial charge is 0.409 e. The summed E-state index contributed by atoms with van der Waals surface area (Å²) in [7, 11) is 0. The van der Waals surface area contributed by atoms with Gasteiger partial charge in [0.2, 0.25) is 0 Å². The van der Waals surface area contributed by atoms with Crippen molar-refractivity contribution >= 4 is 29.6 Å². The van der Waals surface area contributed by atoms with Crippen molar-refractivity contribution in [3.63, 3.8) is 0 Å². The summed E-state index contributed by atoms with van der Waals surface area (Å²) in [6, 6.07) is 25.8. The fraction of sp³-hybridized carbons (Fsp3) is 0. The number of para-hydroxylation sites is 1. The minimum atomic E-state index is -0.809. The molecule has 0 saturated carbocycles. The van der Waals surface area contributed by atoms with Gasteiger partial charge in [0.25, 0.3) is 0 Å². The fourth-order valence-corrected chi connectivity index (χ4v) is 4.00. The number of ether oxygens (including phenoxy) is 1. The topological polar surface area (TPSA) is 52.3 Å². The van der Waals surface area contributed by atoms with Crippen molar-refractivity contribution in [2.24, 2.45) is 5.73 Å². The van der Waals surface area contributed by atoms with E-state index in [1.807, 2.05) is 48.5 Å². The molecule has 3 nitrogen and oxygen atoms in total. The van der Waals surface area contributed by atoms with Gasteiger partial charge in [-0.25, -0.2) is 4.79 Å². The molecule has 0 unspecified atom stereocenters. The highest BCUT2D eigenvalue weighted by Crippen LogP contribution is 2.37. The van der Waals surface area contributed by atoms with Gasteiger partial charge in [0.15, 0.2) is 0 Å². The van der Waals surface area contributed by atoms with Crippen LogP contribution in [-0.4, -0.2) is 6.09 Å². The van der Waals surface area contributed by atoms with Gasteiger partial charge in [-0.1, -0.05) is 59.9 Å². The molecule has 0 aliphatic rings. The maximum absolute atomic E-state index is 11.0. The molecule has 0 aliphatic heterocycles. The van der Waals surface area contributed by atoms with Gasteiger partial charge in [0.1, 0.15) is 5.75 Å². The lowest BCUT2D eigenvalue weighted by Crippen LogP contribution is -2.16. The Bertz CT molecular complexity index is 838. The molecule has 3 aromatic rings. The Morgan fingerprint density at radius 3 is 2.12 bits per heavy atom. The normalized spacial score (nSPS) is 10.3. The molecule has 120 valence electrons. The van der Waals surface area contributed by atoms with Crippen LogP contribution >= 0.6 is 23.5 Å². The van der Waals surface area contributed by atoms with E-state index in [4.69, 9.17) is 10.5 Å². The minimum absolute atomic E-state index is 0.469. The van der Waals surface area contributed by atoms with Crippen LogP contribution in [0.1, 0.15) is 0 Å². The Hall–Kier alpha value is -2.37. The molecular weight excluding hydrogens is 338 g/mol. The second kappa shape index (κ2) is 7.95. The van der Waals surface area contributed by atoms with Crippen molar-refractivity contribution in [1.29, 1.82) is 0 Å². The zero-order chi connectivity index (χ0) is 16.8. The highest BCUT2D eigenvalue weighted by Gasteiger charge is 2.08. The van der Waals surface area contributed by atoms with Crippen LogP contribution in [0.2, 0.25) is 0 Å². The Labute approximate surface area is 149 Å². The maximum Gasteiger partial charge on any atom is 0.410 e. The van der Waals surface area contributed by atoms with E-state index in [2.05, 4.69) is 24.3 Å². The molecule has 0 saturated heterocycles. The third-order valence-corrected chi connectivity index (χ3v) is 5.12. The summed E-state index contributed by atoms with van der Waals surface area (Å²) in [5.41, 5.74) is 5.12. The van der Waals surface area contributed by atoms with E-state index in [0.29, 0.717) is 5.75 Å². The highest BCUT2D eigenvalue weighted by molar-refractivity contribution is 8.00. The van der Waals surface area contributed by atoms with E-state index in [9.17, 15) is 4.79 Å². The Kier molecular flexibility index (Phi) is 5.46. The molecule has 0 bridgehead atoms. The van der Waals surface area contributed by atoms with E-state index < -0.39 is 6.09 Å². The highest BCUT2D eigenvalue weighted by atomic mass is 32.2. The first kappa shape index (κ1) is 16.5. The van der Waals surface area contributed by atoms with Crippen molar-refractivity contribution < 1.29 is 9.53 Å². The molecular formula is C19H15NO2S2. The quantitative estimate of drug-likeness (QED) is 0.663. The minimum Gasteiger partial charge on any atom is -0.409 e. The Balaban J connectivity index is 1.79. The number of hydrogen-bond acceptors (Lipinski definition) is 4. The van der Waals surface area contributed by atoms with Crippen LogP contribution in [0.25, 0.3) is 0 Å². The Morgan fingerprint density at radius 1 is 0.750 bits per heavy atom. The lowest BCUT2D eigenvalue weighted by atomic mass is 10.3. The summed E-state index contributed by atoms with van der Waals surface area (Å²) in [5.74, 6) is 0.469. The molecule has 0 aliphatic carbocycles. The monoisotopic (exact) mass is 353 g/mol. The SMILES string of the molecule is NC(=O)Oc1ccccc1Sc1cccc(Sc2ccccc2)c1. The molecule has 24 heavy (non-hydrogen) atoms. The van der Waals surface area contributed by atoms with Gasteiger partial charge in [-0.05, 0) is 42.5 Å². The van der Waals surface area contributed by atoms with Crippen LogP contribution in [0.4, 0.5) is 4.79 Å². The predicted molar refractivity (Wildman–Crippen MR) is 97.8 cm³/mol. The van der Waals surface area contributed by atoms with Crippen molar-refractivity contribution in [2.75, 3.05) is 0 Å². The molecule has 0 fully saturated rings. The van der Waals surface area contributed by atoms with E-state index in [-0.39, 0.29) is 0 Å². The molecule has 0 aromatic heterocycles. The van der Waals surface area contributed by atoms with Crippen LogP contribution in [0.15, 0.2) is 98.4 Å². The number of rotatable bonds is 5. The van der Waals surface area contributed by atoms with Crippen molar-refractivity contribution in [3.8, 4) is 5.75 Å². The van der Waals surface area contributed by atoms with Crippen LogP contribution in [0.3, 0.4) is 0 Å². The zero-order valence-electron chi connectivity index (χ0n) is 12.7. The van der Waals surface area contributed by atoms with Crippen LogP contribution in [0.5, 0.6) is 5.75 Å².